The van der Waals surface area contributed by atoms with Crippen molar-refractivity contribution in [2.24, 2.45) is 17.6 Å². The van der Waals surface area contributed by atoms with E-state index in [0.29, 0.717) is 13.1 Å². The predicted molar refractivity (Wildman–Crippen MR) is 159 cm³/mol. The van der Waals surface area contributed by atoms with Gasteiger partial charge in [0.15, 0.2) is 11.4 Å². The number of primary amides is 1. The molecule has 0 saturated carbocycles. The summed E-state index contributed by atoms with van der Waals surface area (Å²) in [6.07, 6.45) is 1.28. The van der Waals surface area contributed by atoms with Crippen LogP contribution in [0.3, 0.4) is 0 Å². The SMILES string of the molecule is CN(C)[C@@H]1C(O)=C(C(N)=O)C(=O)[C@@]2(O)C(O)=C3C(=O)c4c(O)cc(CN5CCC(Oc6ccccc6)CC5)c(F)c4C[C@H]3C[C@@H]12. The first-order chi connectivity index (χ1) is 21.3. The summed E-state index contributed by atoms with van der Waals surface area (Å²) in [4.78, 5) is 42.8. The number of ether oxygens (including phenoxy) is 1. The molecule has 2 aromatic rings. The quantitative estimate of drug-likeness (QED) is 0.301. The molecule has 6 rings (SSSR count). The molecule has 1 aliphatic heterocycles. The number of phenolic OH excluding ortho intramolecular Hbond substituents is 1. The number of amides is 1. The van der Waals surface area contributed by atoms with Gasteiger partial charge in [-0.3, -0.25) is 24.2 Å². The number of rotatable bonds is 6. The number of likely N-dealkylation sites (N-methyl/N-ethyl adjacent to an activating group) is 1. The Morgan fingerprint density at radius 2 is 1.80 bits per heavy atom. The second-order valence-corrected chi connectivity index (χ2v) is 12.6. The standard InChI is InChI=1S/C33H36FN3O8/c1-36(2)27-21-13-16-12-20-24(28(39)23(16)30(41)33(21,44)31(42)25(29(27)40)32(35)43)22(38)14-17(26(20)34)15-37-10-8-19(9-11-37)45-18-6-4-3-5-7-18/h3-7,14,16,19,21,27,38,40-41,44H,8-13,15H2,1-2H3,(H2,35,43)/t16-,21-,27-,33-/m0/s1. The van der Waals surface area contributed by atoms with Crippen molar-refractivity contribution in [2.45, 2.75) is 50.0 Å². The summed E-state index contributed by atoms with van der Waals surface area (Å²) in [5, 5.41) is 44.9. The van der Waals surface area contributed by atoms with Gasteiger partial charge in [0.1, 0.15) is 40.5 Å². The molecular formula is C33H36FN3O8. The van der Waals surface area contributed by atoms with Crippen molar-refractivity contribution in [3.8, 4) is 11.5 Å². The molecule has 0 radical (unpaired) electrons. The van der Waals surface area contributed by atoms with Gasteiger partial charge in [0.2, 0.25) is 5.78 Å². The fraction of sp³-hybridized carbons (Fsp3) is 0.424. The number of benzene rings is 2. The van der Waals surface area contributed by atoms with Crippen molar-refractivity contribution >= 4 is 17.5 Å². The second-order valence-electron chi connectivity index (χ2n) is 12.6. The Morgan fingerprint density at radius 3 is 2.42 bits per heavy atom. The van der Waals surface area contributed by atoms with Crippen LogP contribution in [0, 0.1) is 17.7 Å². The molecule has 3 aliphatic carbocycles. The molecule has 1 saturated heterocycles. The number of nitrogens with two attached hydrogens (primary N) is 1. The summed E-state index contributed by atoms with van der Waals surface area (Å²) >= 11 is 0. The highest BCUT2D eigenvalue weighted by Crippen LogP contribution is 2.52. The van der Waals surface area contributed by atoms with E-state index in [-0.39, 0.29) is 47.8 Å². The van der Waals surface area contributed by atoms with Gasteiger partial charge in [-0.2, -0.15) is 0 Å². The van der Waals surface area contributed by atoms with Gasteiger partial charge in [-0.05, 0) is 63.9 Å². The molecule has 4 aliphatic rings. The number of hydrogen-bond donors (Lipinski definition) is 5. The number of carbonyl (C=O) groups excluding carboxylic acids is 3. The van der Waals surface area contributed by atoms with Crippen molar-refractivity contribution in [2.75, 3.05) is 27.2 Å². The van der Waals surface area contributed by atoms with Crippen LogP contribution in [0.4, 0.5) is 4.39 Å². The Balaban J connectivity index is 1.29. The highest BCUT2D eigenvalue weighted by Gasteiger charge is 2.63. The van der Waals surface area contributed by atoms with Crippen LogP contribution in [0.1, 0.15) is 40.7 Å². The van der Waals surface area contributed by atoms with Crippen molar-refractivity contribution in [3.05, 3.63) is 81.6 Å². The van der Waals surface area contributed by atoms with Gasteiger partial charge in [-0.1, -0.05) is 18.2 Å². The number of halogens is 1. The molecule has 0 aromatic heterocycles. The number of hydrogen-bond acceptors (Lipinski definition) is 10. The summed E-state index contributed by atoms with van der Waals surface area (Å²) in [6.45, 7) is 1.48. The fourth-order valence-electron chi connectivity index (χ4n) is 7.59. The van der Waals surface area contributed by atoms with Crippen LogP contribution in [0.25, 0.3) is 0 Å². The third kappa shape index (κ3) is 4.88. The normalized spacial score (nSPS) is 27.4. The summed E-state index contributed by atoms with van der Waals surface area (Å²) in [5.41, 5.74) is 1.29. The maximum Gasteiger partial charge on any atom is 0.255 e. The van der Waals surface area contributed by atoms with Gasteiger partial charge in [0.05, 0.1) is 11.6 Å². The van der Waals surface area contributed by atoms with E-state index >= 15 is 4.39 Å². The van der Waals surface area contributed by atoms with E-state index in [1.54, 1.807) is 14.1 Å². The Morgan fingerprint density at radius 1 is 1.13 bits per heavy atom. The Kier molecular flexibility index (Phi) is 7.70. The molecule has 238 valence electrons. The van der Waals surface area contributed by atoms with E-state index in [2.05, 4.69) is 4.90 Å². The molecular weight excluding hydrogens is 585 g/mol. The highest BCUT2D eigenvalue weighted by molar-refractivity contribution is 6.24. The lowest BCUT2D eigenvalue weighted by atomic mass is 9.58. The van der Waals surface area contributed by atoms with Gasteiger partial charge in [-0.15, -0.1) is 0 Å². The molecule has 0 unspecified atom stereocenters. The Hall–Kier alpha value is -4.26. The Labute approximate surface area is 259 Å². The lowest BCUT2D eigenvalue weighted by Crippen LogP contribution is -2.63. The number of phenols is 1. The highest BCUT2D eigenvalue weighted by atomic mass is 19.1. The molecule has 6 N–H and O–H groups in total. The van der Waals surface area contributed by atoms with Crippen molar-refractivity contribution in [1.82, 2.24) is 9.80 Å². The van der Waals surface area contributed by atoms with E-state index in [4.69, 9.17) is 10.5 Å². The molecule has 2 aromatic carbocycles. The van der Waals surface area contributed by atoms with Crippen LogP contribution < -0.4 is 10.5 Å². The average Bonchev–Trinajstić information content (AvgIpc) is 2.98. The maximum absolute atomic E-state index is 16.2. The van der Waals surface area contributed by atoms with E-state index in [0.717, 1.165) is 18.6 Å². The van der Waals surface area contributed by atoms with Crippen LogP contribution in [-0.4, -0.2) is 92.6 Å². The summed E-state index contributed by atoms with van der Waals surface area (Å²) in [7, 11) is 3.10. The largest absolute Gasteiger partial charge is 0.510 e. The number of allylic oxidation sites excluding steroid dienone is 1. The number of aliphatic hydroxyl groups is 3. The second kappa shape index (κ2) is 11.3. The molecule has 45 heavy (non-hydrogen) atoms. The predicted octanol–water partition coefficient (Wildman–Crippen LogP) is 2.30. The number of likely N-dealkylation sites (tertiary alicyclic amines) is 1. The maximum atomic E-state index is 16.2. The number of Topliss-reactive ketones (excluding diaryl/α,β-unsaturated/α-hetero) is 2. The molecule has 1 amide bonds. The summed E-state index contributed by atoms with van der Waals surface area (Å²) in [5.74, 6) is -7.50. The van der Waals surface area contributed by atoms with Crippen LogP contribution in [0.2, 0.25) is 0 Å². The number of aromatic hydroxyl groups is 1. The Bertz CT molecular complexity index is 1650. The molecule has 0 spiro atoms. The average molecular weight is 622 g/mol. The zero-order valence-corrected chi connectivity index (χ0v) is 25.0. The van der Waals surface area contributed by atoms with Crippen molar-refractivity contribution in [1.29, 1.82) is 0 Å². The fourth-order valence-corrected chi connectivity index (χ4v) is 7.59. The number of carbonyl (C=O) groups is 3. The molecule has 11 nitrogen and oxygen atoms in total. The minimum atomic E-state index is -2.74. The van der Waals surface area contributed by atoms with Gasteiger partial charge in [-0.25, -0.2) is 4.39 Å². The number of fused-ring (bicyclic) bond motifs is 3. The summed E-state index contributed by atoms with van der Waals surface area (Å²) in [6, 6.07) is 9.62. The molecule has 1 heterocycles. The van der Waals surface area contributed by atoms with Gasteiger partial charge >= 0.3 is 0 Å². The van der Waals surface area contributed by atoms with Gasteiger partial charge < -0.3 is 30.9 Å². The van der Waals surface area contributed by atoms with Gasteiger partial charge in [0.25, 0.3) is 5.91 Å². The van der Waals surface area contributed by atoms with Gasteiger partial charge in [0, 0.05) is 42.3 Å². The third-order valence-electron chi connectivity index (χ3n) is 9.71. The topological polar surface area (TPSA) is 174 Å². The smallest absolute Gasteiger partial charge is 0.255 e. The summed E-state index contributed by atoms with van der Waals surface area (Å²) < 4.78 is 22.2. The zero-order chi connectivity index (χ0) is 32.4. The van der Waals surface area contributed by atoms with E-state index in [1.807, 2.05) is 30.3 Å². The van der Waals surface area contributed by atoms with Crippen LogP contribution in [-0.2, 0) is 22.6 Å². The molecule has 1 fully saturated rings. The minimum absolute atomic E-state index is 0.00888. The first-order valence-corrected chi connectivity index (χ1v) is 15.0. The molecule has 4 atom stereocenters. The van der Waals surface area contributed by atoms with E-state index in [9.17, 15) is 34.8 Å². The monoisotopic (exact) mass is 621 g/mol. The lowest BCUT2D eigenvalue weighted by molar-refractivity contribution is -0.148. The molecule has 0 bridgehead atoms. The number of aliphatic hydroxyl groups excluding tert-OH is 2. The van der Waals surface area contributed by atoms with E-state index < -0.39 is 69.6 Å². The number of ketones is 2. The van der Waals surface area contributed by atoms with Crippen LogP contribution >= 0.6 is 0 Å². The van der Waals surface area contributed by atoms with Crippen LogP contribution in [0.15, 0.2) is 59.1 Å². The number of para-hydroxylation sites is 1. The van der Waals surface area contributed by atoms with Crippen LogP contribution in [0.5, 0.6) is 11.5 Å². The third-order valence-corrected chi connectivity index (χ3v) is 9.71. The first kappa shape index (κ1) is 30.8. The number of piperidine rings is 1. The number of nitrogens with zero attached hydrogens (tertiary/aromatic N) is 2. The van der Waals surface area contributed by atoms with Crippen molar-refractivity contribution < 1.29 is 43.9 Å². The lowest BCUT2D eigenvalue weighted by Gasteiger charge is -2.50. The van der Waals surface area contributed by atoms with E-state index in [1.165, 1.54) is 11.0 Å². The zero-order valence-electron chi connectivity index (χ0n) is 25.0. The minimum Gasteiger partial charge on any atom is -0.510 e. The molecule has 12 heteroatoms. The van der Waals surface area contributed by atoms with Crippen molar-refractivity contribution in [3.63, 3.8) is 0 Å². The first-order valence-electron chi connectivity index (χ1n) is 15.0.